The highest BCUT2D eigenvalue weighted by Crippen LogP contribution is 2.22. The van der Waals surface area contributed by atoms with Crippen molar-refractivity contribution < 1.29 is 0 Å². The van der Waals surface area contributed by atoms with Gasteiger partial charge in [-0.2, -0.15) is 0 Å². The number of rotatable bonds is 5. The van der Waals surface area contributed by atoms with E-state index < -0.39 is 0 Å². The lowest BCUT2D eigenvalue weighted by molar-refractivity contribution is 0.576. The molecular formula is C14H17BrN2S. The first-order chi connectivity index (χ1) is 8.68. The quantitative estimate of drug-likeness (QED) is 0.895. The molecule has 1 atom stereocenters. The van der Waals surface area contributed by atoms with Gasteiger partial charge in [-0.05, 0) is 31.9 Å². The van der Waals surface area contributed by atoms with Gasteiger partial charge >= 0.3 is 0 Å². The van der Waals surface area contributed by atoms with Gasteiger partial charge in [0.15, 0.2) is 0 Å². The van der Waals surface area contributed by atoms with Crippen LogP contribution in [0.5, 0.6) is 0 Å². The fourth-order valence-electron chi connectivity index (χ4n) is 1.90. The van der Waals surface area contributed by atoms with E-state index in [2.05, 4.69) is 58.3 Å². The Bertz CT molecular complexity index is 510. The summed E-state index contributed by atoms with van der Waals surface area (Å²) in [5.74, 6) is 0. The maximum Gasteiger partial charge on any atom is 0.0797 e. The Morgan fingerprint density at radius 3 is 2.83 bits per heavy atom. The topological polar surface area (TPSA) is 24.9 Å². The summed E-state index contributed by atoms with van der Waals surface area (Å²) >= 11 is 5.33. The summed E-state index contributed by atoms with van der Waals surface area (Å²) in [4.78, 5) is 5.65. The van der Waals surface area contributed by atoms with E-state index in [4.69, 9.17) is 0 Å². The van der Waals surface area contributed by atoms with Gasteiger partial charge in [-0.15, -0.1) is 11.3 Å². The normalized spacial score (nSPS) is 12.6. The van der Waals surface area contributed by atoms with Crippen LogP contribution in [0, 0.1) is 6.92 Å². The third-order valence-corrected chi connectivity index (χ3v) is 4.74. The summed E-state index contributed by atoms with van der Waals surface area (Å²) in [5, 5.41) is 3.55. The Hall–Kier alpha value is -0.710. The van der Waals surface area contributed by atoms with Gasteiger partial charge in [0.2, 0.25) is 0 Å². The van der Waals surface area contributed by atoms with Crippen LogP contribution in [0.1, 0.15) is 29.1 Å². The Balaban J connectivity index is 1.87. The number of nitrogens with zero attached hydrogens (tertiary/aromatic N) is 1. The van der Waals surface area contributed by atoms with E-state index in [0.717, 1.165) is 18.7 Å². The standard InChI is InChI=1S/C14H17BrN2S/c1-10(12-5-3-4-6-13(12)15)16-8-7-14-11(2)17-9-18-14/h3-6,9-10,16H,7-8H2,1-2H3. The van der Waals surface area contributed by atoms with E-state index in [-0.39, 0.29) is 0 Å². The summed E-state index contributed by atoms with van der Waals surface area (Å²) < 4.78 is 1.17. The first kappa shape index (κ1) is 13.7. The van der Waals surface area contributed by atoms with Crippen molar-refractivity contribution in [3.63, 3.8) is 0 Å². The maximum atomic E-state index is 4.27. The molecule has 0 radical (unpaired) electrons. The molecule has 0 saturated carbocycles. The smallest absolute Gasteiger partial charge is 0.0797 e. The molecule has 1 unspecified atom stereocenters. The zero-order valence-corrected chi connectivity index (χ0v) is 13.0. The van der Waals surface area contributed by atoms with Crippen molar-refractivity contribution in [3.05, 3.63) is 50.4 Å². The maximum absolute atomic E-state index is 4.27. The molecule has 2 aromatic rings. The summed E-state index contributed by atoms with van der Waals surface area (Å²) in [6, 6.07) is 8.71. The van der Waals surface area contributed by atoms with Crippen LogP contribution in [0.3, 0.4) is 0 Å². The minimum atomic E-state index is 0.355. The summed E-state index contributed by atoms with van der Waals surface area (Å²) in [6.07, 6.45) is 1.05. The van der Waals surface area contributed by atoms with Crippen molar-refractivity contribution in [2.24, 2.45) is 0 Å². The van der Waals surface area contributed by atoms with Gasteiger partial charge in [0.05, 0.1) is 11.2 Å². The van der Waals surface area contributed by atoms with Gasteiger partial charge in [-0.25, -0.2) is 4.98 Å². The van der Waals surface area contributed by atoms with E-state index >= 15 is 0 Å². The van der Waals surface area contributed by atoms with Gasteiger partial charge in [-0.3, -0.25) is 0 Å². The van der Waals surface area contributed by atoms with Crippen LogP contribution < -0.4 is 5.32 Å². The lowest BCUT2D eigenvalue weighted by Crippen LogP contribution is -2.21. The van der Waals surface area contributed by atoms with Crippen LogP contribution in [0.15, 0.2) is 34.2 Å². The van der Waals surface area contributed by atoms with Gasteiger partial charge in [-0.1, -0.05) is 34.1 Å². The van der Waals surface area contributed by atoms with Crippen molar-refractivity contribution in [1.82, 2.24) is 10.3 Å². The molecule has 1 heterocycles. The highest BCUT2D eigenvalue weighted by molar-refractivity contribution is 9.10. The largest absolute Gasteiger partial charge is 0.310 e. The number of hydrogen-bond acceptors (Lipinski definition) is 3. The van der Waals surface area contributed by atoms with Gasteiger partial charge in [0.1, 0.15) is 0 Å². The fourth-order valence-corrected chi connectivity index (χ4v) is 3.31. The van der Waals surface area contributed by atoms with Gasteiger partial charge in [0.25, 0.3) is 0 Å². The van der Waals surface area contributed by atoms with Crippen LogP contribution in [-0.4, -0.2) is 11.5 Å². The zero-order valence-electron chi connectivity index (χ0n) is 10.6. The number of nitrogens with one attached hydrogen (secondary N) is 1. The van der Waals surface area contributed by atoms with Gasteiger partial charge < -0.3 is 5.32 Å². The highest BCUT2D eigenvalue weighted by Gasteiger charge is 2.08. The number of aromatic nitrogens is 1. The van der Waals surface area contributed by atoms with E-state index in [1.165, 1.54) is 14.9 Å². The minimum Gasteiger partial charge on any atom is -0.310 e. The molecule has 4 heteroatoms. The third kappa shape index (κ3) is 3.40. The predicted octanol–water partition coefficient (Wildman–Crippen LogP) is 4.11. The molecule has 1 N–H and O–H groups in total. The number of hydrogen-bond donors (Lipinski definition) is 1. The van der Waals surface area contributed by atoms with Crippen LogP contribution in [0.2, 0.25) is 0 Å². The second-order valence-electron chi connectivity index (χ2n) is 4.31. The van der Waals surface area contributed by atoms with E-state index in [9.17, 15) is 0 Å². The molecule has 0 spiro atoms. The molecule has 0 aliphatic carbocycles. The highest BCUT2D eigenvalue weighted by atomic mass is 79.9. The minimum absolute atomic E-state index is 0.355. The molecule has 0 bridgehead atoms. The predicted molar refractivity (Wildman–Crippen MR) is 81.1 cm³/mol. The SMILES string of the molecule is Cc1ncsc1CCNC(C)c1ccccc1Br. The third-order valence-electron chi connectivity index (χ3n) is 3.02. The van der Waals surface area contributed by atoms with Crippen LogP contribution >= 0.6 is 27.3 Å². The molecule has 18 heavy (non-hydrogen) atoms. The lowest BCUT2D eigenvalue weighted by Gasteiger charge is -2.15. The molecule has 2 rings (SSSR count). The summed E-state index contributed by atoms with van der Waals surface area (Å²) in [5.41, 5.74) is 4.39. The first-order valence-electron chi connectivity index (χ1n) is 6.05. The Kier molecular flexibility index (Phi) is 4.92. The Morgan fingerprint density at radius 2 is 2.17 bits per heavy atom. The Morgan fingerprint density at radius 1 is 1.39 bits per heavy atom. The Labute approximate surface area is 121 Å². The second-order valence-corrected chi connectivity index (χ2v) is 6.10. The van der Waals surface area contributed by atoms with E-state index in [1.54, 1.807) is 11.3 Å². The van der Waals surface area contributed by atoms with E-state index in [0.29, 0.717) is 6.04 Å². The van der Waals surface area contributed by atoms with E-state index in [1.807, 2.05) is 11.6 Å². The molecule has 0 fully saturated rings. The number of halogens is 1. The molecule has 0 aliphatic heterocycles. The average molecular weight is 325 g/mol. The number of aryl methyl sites for hydroxylation is 1. The average Bonchev–Trinajstić information content (AvgIpc) is 2.75. The molecule has 0 amide bonds. The van der Waals surface area contributed by atoms with Crippen molar-refractivity contribution in [2.45, 2.75) is 26.3 Å². The summed E-state index contributed by atoms with van der Waals surface area (Å²) in [7, 11) is 0. The molecule has 96 valence electrons. The zero-order chi connectivity index (χ0) is 13.0. The molecule has 2 nitrogen and oxygen atoms in total. The van der Waals surface area contributed by atoms with Crippen molar-refractivity contribution >= 4 is 27.3 Å². The molecule has 1 aromatic heterocycles. The van der Waals surface area contributed by atoms with Crippen molar-refractivity contribution in [3.8, 4) is 0 Å². The fraction of sp³-hybridized carbons (Fsp3) is 0.357. The number of benzene rings is 1. The molecule has 0 aliphatic rings. The second kappa shape index (κ2) is 6.45. The van der Waals surface area contributed by atoms with Gasteiger partial charge in [0, 0.05) is 21.9 Å². The molecule has 1 aromatic carbocycles. The van der Waals surface area contributed by atoms with Crippen LogP contribution in [0.4, 0.5) is 0 Å². The molecular weight excluding hydrogens is 308 g/mol. The molecule has 0 saturated heterocycles. The van der Waals surface area contributed by atoms with Crippen molar-refractivity contribution in [1.29, 1.82) is 0 Å². The lowest BCUT2D eigenvalue weighted by atomic mass is 10.1. The van der Waals surface area contributed by atoms with Crippen LogP contribution in [-0.2, 0) is 6.42 Å². The van der Waals surface area contributed by atoms with Crippen molar-refractivity contribution in [2.75, 3.05) is 6.54 Å². The number of thiazole rings is 1. The van der Waals surface area contributed by atoms with Crippen LogP contribution in [0.25, 0.3) is 0 Å². The monoisotopic (exact) mass is 324 g/mol. The summed E-state index contributed by atoms with van der Waals surface area (Å²) in [6.45, 7) is 5.24. The first-order valence-corrected chi connectivity index (χ1v) is 7.72.